The lowest BCUT2D eigenvalue weighted by Gasteiger charge is -2.10. The Labute approximate surface area is 321 Å². The van der Waals surface area contributed by atoms with Crippen molar-refractivity contribution in [2.24, 2.45) is 0 Å². The number of nitrogens with one attached hydrogen (secondary N) is 2. The van der Waals surface area contributed by atoms with Gasteiger partial charge in [0.2, 0.25) is 0 Å². The fourth-order valence-electron chi connectivity index (χ4n) is 5.83. The van der Waals surface area contributed by atoms with E-state index in [1.165, 1.54) is 49.2 Å². The van der Waals surface area contributed by atoms with Crippen LogP contribution in [-0.4, -0.2) is 47.1 Å². The maximum atomic E-state index is 14.5. The summed E-state index contributed by atoms with van der Waals surface area (Å²) in [5.74, 6) is -2.34. The molecule has 3 radical (unpaired) electrons. The highest BCUT2D eigenvalue weighted by Gasteiger charge is 2.16. The molecule has 1 amide bonds. The Hall–Kier alpha value is -5.69. The number of ether oxygens (including phenoxy) is 1. The van der Waals surface area contributed by atoms with Crippen LogP contribution in [0.5, 0.6) is 0 Å². The first-order valence-corrected chi connectivity index (χ1v) is 17.9. The largest absolute Gasteiger partial charge is 0.381 e. The van der Waals surface area contributed by atoms with Gasteiger partial charge in [-0.1, -0.05) is 30.3 Å². The lowest BCUT2D eigenvalue weighted by Crippen LogP contribution is -2.13. The van der Waals surface area contributed by atoms with Gasteiger partial charge in [0.1, 0.15) is 23.3 Å². The molecule has 0 aliphatic carbocycles. The Kier molecular flexibility index (Phi) is 15.4. The number of hydrogen-bond acceptors (Lipinski definition) is 5. The third-order valence-electron chi connectivity index (χ3n) is 8.54. The zero-order valence-electron chi connectivity index (χ0n) is 31.4. The highest BCUT2D eigenvalue weighted by atomic mass is 19.1. The van der Waals surface area contributed by atoms with E-state index in [9.17, 15) is 22.4 Å². The van der Waals surface area contributed by atoms with Crippen LogP contribution in [-0.2, 0) is 24.4 Å². The van der Waals surface area contributed by atoms with E-state index in [1.54, 1.807) is 64.0 Å². The van der Waals surface area contributed by atoms with Crippen molar-refractivity contribution in [3.05, 3.63) is 143 Å². The number of rotatable bonds is 9. The lowest BCUT2D eigenvalue weighted by atomic mass is 10.1. The normalized spacial score (nSPS) is 11.8. The molecule has 55 heavy (non-hydrogen) atoms. The molecular formula is C42H44BF4N6O2. The maximum absolute atomic E-state index is 14.5. The molecule has 0 atom stereocenters. The standard InChI is InChI=1S/C19H17F2N3O.C19H19F2N3.C4H8O.B/c1-3-24-18(10-12(2)23-24)14-9-8-13(11-17(14)21)22-19(25)15-6-4-5-7-16(15)20;1-3-24-19(10-13(2)23-24)16-9-8-15(11-18(16)21)22-12-14-6-4-5-7-17(14)20;1-2-4-5-3-1;/h4-11H,3H2,1-2H3,(H,22,25);4-11,22H,3,12H2,1-2H3;1-4H2;. The first-order chi connectivity index (χ1) is 26.1. The number of aryl methyl sites for hydroxylation is 4. The number of halogens is 4. The second-order valence-electron chi connectivity index (χ2n) is 12.6. The van der Waals surface area contributed by atoms with Crippen LogP contribution in [0.25, 0.3) is 22.5 Å². The third-order valence-corrected chi connectivity index (χ3v) is 8.54. The molecule has 8 nitrogen and oxygen atoms in total. The minimum atomic E-state index is -0.626. The smallest absolute Gasteiger partial charge is 0.258 e. The summed E-state index contributed by atoms with van der Waals surface area (Å²) in [4.78, 5) is 12.1. The number of benzene rings is 4. The minimum absolute atomic E-state index is 0. The van der Waals surface area contributed by atoms with Gasteiger partial charge in [0.05, 0.1) is 28.3 Å². The monoisotopic (exact) mass is 751 g/mol. The van der Waals surface area contributed by atoms with Gasteiger partial charge in [-0.15, -0.1) is 0 Å². The maximum Gasteiger partial charge on any atom is 0.258 e. The molecule has 4 aromatic carbocycles. The van der Waals surface area contributed by atoms with Gasteiger partial charge < -0.3 is 15.4 Å². The van der Waals surface area contributed by atoms with E-state index >= 15 is 0 Å². The van der Waals surface area contributed by atoms with Crippen molar-refractivity contribution in [3.63, 3.8) is 0 Å². The number of hydrogen-bond donors (Lipinski definition) is 2. The average molecular weight is 752 g/mol. The molecule has 0 unspecified atom stereocenters. The fourth-order valence-corrected chi connectivity index (χ4v) is 5.83. The lowest BCUT2D eigenvalue weighted by molar-refractivity contribution is 0.102. The van der Waals surface area contributed by atoms with Gasteiger partial charge in [-0.05, 0) is 107 Å². The summed E-state index contributed by atoms with van der Waals surface area (Å²) in [6.07, 6.45) is 2.56. The van der Waals surface area contributed by atoms with Crippen molar-refractivity contribution in [2.45, 2.75) is 60.2 Å². The molecule has 2 aromatic heterocycles. The van der Waals surface area contributed by atoms with Crippen molar-refractivity contribution >= 4 is 25.7 Å². The van der Waals surface area contributed by atoms with Crippen LogP contribution in [0.15, 0.2) is 97.1 Å². The number of aromatic nitrogens is 4. The van der Waals surface area contributed by atoms with Gasteiger partial charge in [-0.2, -0.15) is 10.2 Å². The summed E-state index contributed by atoms with van der Waals surface area (Å²) >= 11 is 0. The van der Waals surface area contributed by atoms with Crippen LogP contribution in [0.3, 0.4) is 0 Å². The van der Waals surface area contributed by atoms with Gasteiger partial charge in [0.15, 0.2) is 0 Å². The molecule has 1 saturated heterocycles. The van der Waals surface area contributed by atoms with E-state index in [1.807, 2.05) is 33.8 Å². The molecule has 13 heteroatoms. The number of carbonyl (C=O) groups is 1. The fraction of sp³-hybridized carbons (Fsp3) is 0.262. The van der Waals surface area contributed by atoms with Crippen molar-refractivity contribution in [1.29, 1.82) is 0 Å². The number of nitrogens with zero attached hydrogens (tertiary/aromatic N) is 4. The second-order valence-corrected chi connectivity index (χ2v) is 12.6. The van der Waals surface area contributed by atoms with Crippen molar-refractivity contribution in [2.75, 3.05) is 23.8 Å². The number of anilines is 2. The molecule has 2 N–H and O–H groups in total. The van der Waals surface area contributed by atoms with Crippen LogP contribution in [0.1, 0.15) is 54.0 Å². The van der Waals surface area contributed by atoms with E-state index in [2.05, 4.69) is 20.8 Å². The zero-order chi connectivity index (χ0) is 38.6. The second kappa shape index (κ2) is 20.1. The van der Waals surface area contributed by atoms with Gasteiger partial charge >= 0.3 is 0 Å². The van der Waals surface area contributed by atoms with Gasteiger partial charge in [0, 0.05) is 69.3 Å². The SMILES string of the molecule is C1CCOC1.CCn1nc(C)cc1-c1ccc(NC(=O)c2ccccc2F)cc1F.CCn1nc(C)cc1-c1ccc(NCc2ccccc2F)cc1F.[B]. The Morgan fingerprint density at radius 1 is 0.673 bits per heavy atom. The highest BCUT2D eigenvalue weighted by molar-refractivity contribution is 6.04. The first-order valence-electron chi connectivity index (χ1n) is 17.9. The molecule has 1 aliphatic rings. The summed E-state index contributed by atoms with van der Waals surface area (Å²) in [7, 11) is 0. The molecule has 0 bridgehead atoms. The van der Waals surface area contributed by atoms with Crippen molar-refractivity contribution in [1.82, 2.24) is 19.6 Å². The molecule has 3 heterocycles. The zero-order valence-corrected chi connectivity index (χ0v) is 31.4. The van der Waals surface area contributed by atoms with Crippen LogP contribution in [0, 0.1) is 37.1 Å². The predicted molar refractivity (Wildman–Crippen MR) is 210 cm³/mol. The van der Waals surface area contributed by atoms with Gasteiger partial charge in [0.25, 0.3) is 5.91 Å². The Balaban J connectivity index is 0.000000213. The van der Waals surface area contributed by atoms with E-state index in [-0.39, 0.29) is 31.3 Å². The first kappa shape index (κ1) is 42.1. The number of carbonyl (C=O) groups excluding carboxylic acids is 1. The Morgan fingerprint density at radius 2 is 1.18 bits per heavy atom. The number of amides is 1. The van der Waals surface area contributed by atoms with Crippen molar-refractivity contribution in [3.8, 4) is 22.5 Å². The van der Waals surface area contributed by atoms with E-state index in [0.717, 1.165) is 30.3 Å². The van der Waals surface area contributed by atoms with Crippen LogP contribution in [0.2, 0.25) is 0 Å². The summed E-state index contributed by atoms with van der Waals surface area (Å²) in [5, 5.41) is 14.2. The van der Waals surface area contributed by atoms with Crippen LogP contribution in [0.4, 0.5) is 28.9 Å². The summed E-state index contributed by atoms with van der Waals surface area (Å²) in [6.45, 7) is 11.2. The molecule has 285 valence electrons. The quantitative estimate of drug-likeness (QED) is 0.114. The molecular weight excluding hydrogens is 707 g/mol. The topological polar surface area (TPSA) is 86.0 Å². The summed E-state index contributed by atoms with van der Waals surface area (Å²) < 4.78 is 64.7. The Morgan fingerprint density at radius 3 is 1.67 bits per heavy atom. The summed E-state index contributed by atoms with van der Waals surface area (Å²) in [5.41, 5.74) is 5.31. The third kappa shape index (κ3) is 11.2. The van der Waals surface area contributed by atoms with Crippen molar-refractivity contribution < 1.29 is 27.1 Å². The van der Waals surface area contributed by atoms with Crippen LogP contribution >= 0.6 is 0 Å². The minimum Gasteiger partial charge on any atom is -0.381 e. The molecule has 1 aliphatic heterocycles. The van der Waals surface area contributed by atoms with Gasteiger partial charge in [-0.3, -0.25) is 14.2 Å². The van der Waals surface area contributed by atoms with E-state index in [0.29, 0.717) is 47.7 Å². The van der Waals surface area contributed by atoms with Gasteiger partial charge in [-0.25, -0.2) is 17.6 Å². The van der Waals surface area contributed by atoms with E-state index in [4.69, 9.17) is 4.74 Å². The molecule has 7 rings (SSSR count). The van der Waals surface area contributed by atoms with E-state index < -0.39 is 17.5 Å². The van der Waals surface area contributed by atoms with Crippen LogP contribution < -0.4 is 10.6 Å². The molecule has 1 fully saturated rings. The predicted octanol–water partition coefficient (Wildman–Crippen LogP) is 9.59. The molecule has 0 saturated carbocycles. The molecule has 6 aromatic rings. The highest BCUT2D eigenvalue weighted by Crippen LogP contribution is 2.28. The average Bonchev–Trinajstić information content (AvgIpc) is 3.94. The molecule has 0 spiro atoms. The Bertz CT molecular complexity index is 2180. The summed E-state index contributed by atoms with van der Waals surface area (Å²) in [6, 6.07) is 25.2.